The Bertz CT molecular complexity index is 1090. The average Bonchev–Trinajstić information content (AvgIpc) is 3.17. The van der Waals surface area contributed by atoms with Gasteiger partial charge in [-0.25, -0.2) is 0 Å². The van der Waals surface area contributed by atoms with Gasteiger partial charge in [0.05, 0.1) is 17.9 Å². The van der Waals surface area contributed by atoms with Crippen LogP contribution in [0.25, 0.3) is 0 Å². The van der Waals surface area contributed by atoms with Crippen molar-refractivity contribution in [3.8, 4) is 0 Å². The highest BCUT2D eigenvalue weighted by atomic mass is 35.5. The van der Waals surface area contributed by atoms with Crippen LogP contribution < -0.4 is 0 Å². The van der Waals surface area contributed by atoms with Crippen LogP contribution in [0.1, 0.15) is 58.8 Å². The first-order valence-electron chi connectivity index (χ1n) is 12.1. The van der Waals surface area contributed by atoms with Gasteiger partial charge in [0.2, 0.25) is 0 Å². The van der Waals surface area contributed by atoms with E-state index in [2.05, 4.69) is 19.9 Å². The van der Waals surface area contributed by atoms with Crippen molar-refractivity contribution in [3.05, 3.63) is 65.0 Å². The molecule has 0 aliphatic heterocycles. The van der Waals surface area contributed by atoms with Crippen molar-refractivity contribution in [3.63, 3.8) is 0 Å². The van der Waals surface area contributed by atoms with Crippen molar-refractivity contribution >= 4 is 28.2 Å². The molecule has 0 amide bonds. The molecule has 1 aromatic carbocycles. The highest BCUT2D eigenvalue weighted by molar-refractivity contribution is 7.87. The molecule has 5 rings (SSSR count). The van der Waals surface area contributed by atoms with E-state index in [4.69, 9.17) is 16.3 Å². The van der Waals surface area contributed by atoms with Gasteiger partial charge in [0.25, 0.3) is 0 Å². The van der Waals surface area contributed by atoms with Crippen LogP contribution in [0.15, 0.2) is 69.9 Å². The van der Waals surface area contributed by atoms with Gasteiger partial charge in [0.1, 0.15) is 5.76 Å². The fourth-order valence-corrected chi connectivity index (χ4v) is 8.83. The molecule has 4 aliphatic carbocycles. The predicted molar refractivity (Wildman–Crippen MR) is 133 cm³/mol. The fraction of sp³-hybridized carbons (Fsp3) is 0.536. The second-order valence-corrected chi connectivity index (χ2v) is 12.7. The summed E-state index contributed by atoms with van der Waals surface area (Å²) in [6.07, 6.45) is 11.1. The first-order valence-corrected chi connectivity index (χ1v) is 13.8. The maximum atomic E-state index is 13.2. The SMILES string of the molecule is COC(=C1CC[C@H]2[C@@H]3CCC4=CC(=O)CC[C@]4(C)C3=CC[C@]12C)C(Cl)S(=O)c1ccccc1. The Balaban J connectivity index is 1.51. The van der Waals surface area contributed by atoms with Crippen LogP contribution in [0, 0.1) is 22.7 Å². The Kier molecular flexibility index (Phi) is 5.98. The number of ether oxygens (including phenoxy) is 1. The van der Waals surface area contributed by atoms with Gasteiger partial charge in [-0.05, 0) is 79.6 Å². The largest absolute Gasteiger partial charge is 0.499 e. The zero-order valence-electron chi connectivity index (χ0n) is 19.7. The van der Waals surface area contributed by atoms with Gasteiger partial charge in [-0.2, -0.15) is 0 Å². The summed E-state index contributed by atoms with van der Waals surface area (Å²) in [6, 6.07) is 9.42. The van der Waals surface area contributed by atoms with Crippen molar-refractivity contribution in [2.75, 3.05) is 7.11 Å². The monoisotopic (exact) mass is 484 g/mol. The van der Waals surface area contributed by atoms with Crippen LogP contribution in [0.2, 0.25) is 0 Å². The van der Waals surface area contributed by atoms with E-state index in [9.17, 15) is 9.00 Å². The molecule has 3 nitrogen and oxygen atoms in total. The standard InChI is InChI=1S/C28H33ClO3S/c1-27-15-13-19(30)17-18(27)9-10-21-22-11-12-24(28(22,2)16-14-23(21)27)25(32-3)26(29)33(31)20-7-5-4-6-8-20/h4-8,14,17,21-22,26H,9-13,15-16H2,1-3H3/t21-,22-,26?,27-,28-,33?/m0/s1. The lowest BCUT2D eigenvalue weighted by Crippen LogP contribution is -2.43. The van der Waals surface area contributed by atoms with Crippen molar-refractivity contribution < 1.29 is 13.7 Å². The molecule has 0 aromatic heterocycles. The molecule has 176 valence electrons. The number of carbonyl (C=O) groups is 1. The highest BCUT2D eigenvalue weighted by Crippen LogP contribution is 2.65. The number of fused-ring (bicyclic) bond motifs is 5. The molecule has 1 aromatic rings. The summed E-state index contributed by atoms with van der Waals surface area (Å²) in [6.45, 7) is 4.72. The number of allylic oxidation sites excluding steroid dienone is 5. The average molecular weight is 485 g/mol. The minimum Gasteiger partial charge on any atom is -0.499 e. The van der Waals surface area contributed by atoms with Gasteiger partial charge >= 0.3 is 0 Å². The molecule has 0 spiro atoms. The quantitative estimate of drug-likeness (QED) is 0.271. The normalized spacial score (nSPS) is 36.5. The summed E-state index contributed by atoms with van der Waals surface area (Å²) < 4.78 is 18.4. The van der Waals surface area contributed by atoms with Crippen molar-refractivity contribution in [1.82, 2.24) is 0 Å². The predicted octanol–water partition coefficient (Wildman–Crippen LogP) is 6.71. The van der Waals surface area contributed by atoms with E-state index in [1.807, 2.05) is 36.4 Å². The van der Waals surface area contributed by atoms with Crippen LogP contribution in [0.4, 0.5) is 0 Å². The molecule has 5 heteroatoms. The van der Waals surface area contributed by atoms with E-state index in [1.54, 1.807) is 12.7 Å². The smallest absolute Gasteiger partial charge is 0.170 e. The second kappa shape index (κ2) is 8.53. The third-order valence-corrected chi connectivity index (χ3v) is 11.0. The Morgan fingerprint density at radius 3 is 2.64 bits per heavy atom. The molecular formula is C28H33ClO3S. The summed E-state index contributed by atoms with van der Waals surface area (Å²) in [5.41, 5.74) is 4.16. The molecule has 0 heterocycles. The second-order valence-electron chi connectivity index (χ2n) is 10.5. The lowest BCUT2D eigenvalue weighted by Gasteiger charge is -2.52. The minimum atomic E-state index is -1.38. The third-order valence-electron chi connectivity index (χ3n) is 9.01. The minimum absolute atomic E-state index is 0.0321. The van der Waals surface area contributed by atoms with Gasteiger partial charge in [0, 0.05) is 16.7 Å². The Labute approximate surface area is 204 Å². The fourth-order valence-electron chi connectivity index (χ4n) is 7.21. The molecule has 2 saturated carbocycles. The van der Waals surface area contributed by atoms with E-state index in [0.717, 1.165) is 43.4 Å². The van der Waals surface area contributed by atoms with E-state index in [-0.39, 0.29) is 16.6 Å². The summed E-state index contributed by atoms with van der Waals surface area (Å²) in [4.78, 5) is 12.8. The van der Waals surface area contributed by atoms with Crippen molar-refractivity contribution in [1.29, 1.82) is 0 Å². The van der Waals surface area contributed by atoms with Crippen LogP contribution in [-0.4, -0.2) is 21.8 Å². The van der Waals surface area contributed by atoms with E-state index < -0.39 is 15.5 Å². The number of halogens is 1. The molecule has 2 fully saturated rings. The third kappa shape index (κ3) is 3.60. The number of rotatable bonds is 4. The van der Waals surface area contributed by atoms with E-state index >= 15 is 0 Å². The molecule has 4 aliphatic rings. The molecule has 0 saturated heterocycles. The zero-order valence-corrected chi connectivity index (χ0v) is 21.3. The number of carbonyl (C=O) groups excluding carboxylic acids is 1. The van der Waals surface area contributed by atoms with Gasteiger partial charge in [-0.3, -0.25) is 9.00 Å². The van der Waals surface area contributed by atoms with Crippen LogP contribution in [0.3, 0.4) is 0 Å². The molecule has 2 unspecified atom stereocenters. The summed E-state index contributed by atoms with van der Waals surface area (Å²) in [5, 5.41) is 0. The first kappa shape index (κ1) is 23.1. The Hall–Kier alpha value is -1.65. The van der Waals surface area contributed by atoms with E-state index in [1.165, 1.54) is 11.1 Å². The Morgan fingerprint density at radius 1 is 1.15 bits per heavy atom. The van der Waals surface area contributed by atoms with Crippen LogP contribution in [0.5, 0.6) is 0 Å². The highest BCUT2D eigenvalue weighted by Gasteiger charge is 2.55. The number of alkyl halides is 1. The zero-order chi connectivity index (χ0) is 23.4. The number of hydrogen-bond donors (Lipinski definition) is 0. The maximum Gasteiger partial charge on any atom is 0.170 e. The number of methoxy groups -OCH3 is 1. The van der Waals surface area contributed by atoms with Gasteiger partial charge < -0.3 is 4.74 Å². The topological polar surface area (TPSA) is 43.4 Å². The number of ketones is 1. The van der Waals surface area contributed by atoms with Crippen molar-refractivity contribution in [2.45, 2.75) is 68.4 Å². The molecule has 0 bridgehead atoms. The first-order chi connectivity index (χ1) is 15.8. The summed E-state index contributed by atoms with van der Waals surface area (Å²) >= 11 is 6.83. The van der Waals surface area contributed by atoms with Gasteiger partial charge in [-0.15, -0.1) is 0 Å². The van der Waals surface area contributed by atoms with Crippen LogP contribution in [-0.2, 0) is 20.3 Å². The lowest BCUT2D eigenvalue weighted by molar-refractivity contribution is -0.115. The van der Waals surface area contributed by atoms with E-state index in [0.29, 0.717) is 24.0 Å². The lowest BCUT2D eigenvalue weighted by atomic mass is 9.51. The van der Waals surface area contributed by atoms with Crippen LogP contribution >= 0.6 is 11.6 Å². The van der Waals surface area contributed by atoms with Gasteiger partial charge in [-0.1, -0.05) is 60.9 Å². The molecular weight excluding hydrogens is 452 g/mol. The maximum absolute atomic E-state index is 13.2. The molecule has 33 heavy (non-hydrogen) atoms. The Morgan fingerprint density at radius 2 is 1.91 bits per heavy atom. The van der Waals surface area contributed by atoms with Gasteiger partial charge in [0.15, 0.2) is 10.5 Å². The van der Waals surface area contributed by atoms with Crippen molar-refractivity contribution in [2.24, 2.45) is 22.7 Å². The summed E-state index contributed by atoms with van der Waals surface area (Å²) in [5.74, 6) is 2.05. The molecule has 0 N–H and O–H groups in total. The molecule has 6 atom stereocenters. The number of benzene rings is 1. The number of hydrogen-bond acceptors (Lipinski definition) is 3. The molecule has 0 radical (unpaired) electrons. The summed E-state index contributed by atoms with van der Waals surface area (Å²) in [7, 11) is 0.285.